The van der Waals surface area contributed by atoms with Crippen molar-refractivity contribution in [2.24, 2.45) is 5.41 Å². The first-order valence-corrected chi connectivity index (χ1v) is 9.40. The molecular weight excluding hydrogens is 356 g/mol. The van der Waals surface area contributed by atoms with E-state index in [0.717, 1.165) is 22.3 Å². The molecule has 7 heteroatoms. The zero-order valence-corrected chi connectivity index (χ0v) is 16.5. The molecule has 0 fully saturated rings. The van der Waals surface area contributed by atoms with Crippen molar-refractivity contribution in [3.8, 4) is 11.4 Å². The van der Waals surface area contributed by atoms with Crippen LogP contribution < -0.4 is 11.2 Å². The van der Waals surface area contributed by atoms with Gasteiger partial charge in [-0.1, -0.05) is 20.8 Å². The minimum absolute atomic E-state index is 0.00966. The van der Waals surface area contributed by atoms with E-state index in [9.17, 15) is 9.59 Å². The van der Waals surface area contributed by atoms with Crippen molar-refractivity contribution >= 4 is 22.6 Å². The van der Waals surface area contributed by atoms with Gasteiger partial charge in [-0.15, -0.1) is 0 Å². The maximum atomic E-state index is 12.7. The lowest BCUT2D eigenvalue weighted by Crippen LogP contribution is -2.35. The average Bonchev–Trinajstić information content (AvgIpc) is 2.97. The van der Waals surface area contributed by atoms with E-state index >= 15 is 0 Å². The van der Waals surface area contributed by atoms with Crippen LogP contribution in [0.5, 0.6) is 0 Å². The summed E-state index contributed by atoms with van der Waals surface area (Å²) >= 11 is 0. The molecule has 0 saturated carbocycles. The molecule has 3 heterocycles. The van der Waals surface area contributed by atoms with Crippen LogP contribution in [0.3, 0.4) is 0 Å². The van der Waals surface area contributed by atoms with E-state index in [0.29, 0.717) is 12.2 Å². The third kappa shape index (κ3) is 2.78. The number of esters is 1. The topological polar surface area (TPSA) is 92.1 Å². The highest BCUT2D eigenvalue weighted by Gasteiger charge is 2.35. The van der Waals surface area contributed by atoms with Crippen LogP contribution in [0.2, 0.25) is 0 Å². The first kappa shape index (κ1) is 18.3. The van der Waals surface area contributed by atoms with Gasteiger partial charge in [0.15, 0.2) is 5.43 Å². The van der Waals surface area contributed by atoms with E-state index in [4.69, 9.17) is 15.6 Å². The highest BCUT2D eigenvalue weighted by Crippen LogP contribution is 2.42. The average molecular weight is 380 g/mol. The van der Waals surface area contributed by atoms with Gasteiger partial charge >= 0.3 is 5.97 Å². The quantitative estimate of drug-likeness (QED) is 0.544. The number of rotatable bonds is 2. The Kier molecular flexibility index (Phi) is 4.06. The molecule has 1 aromatic carbocycles. The van der Waals surface area contributed by atoms with Gasteiger partial charge in [0.05, 0.1) is 36.1 Å². The minimum Gasteiger partial charge on any atom is -0.462 e. The van der Waals surface area contributed by atoms with Crippen molar-refractivity contribution in [1.29, 1.82) is 0 Å². The number of nitrogens with two attached hydrogens (primary N) is 1. The van der Waals surface area contributed by atoms with Gasteiger partial charge in [-0.25, -0.2) is 4.79 Å². The van der Waals surface area contributed by atoms with Gasteiger partial charge in [-0.2, -0.15) is 5.10 Å². The van der Waals surface area contributed by atoms with E-state index in [2.05, 4.69) is 20.8 Å². The number of fused-ring (bicyclic) bond motifs is 5. The van der Waals surface area contributed by atoms with Gasteiger partial charge in [-0.05, 0) is 30.5 Å². The van der Waals surface area contributed by atoms with Gasteiger partial charge in [0, 0.05) is 23.3 Å². The molecule has 7 nitrogen and oxygen atoms in total. The number of hydrogen-bond donors (Lipinski definition) is 1. The summed E-state index contributed by atoms with van der Waals surface area (Å²) in [6.45, 7) is 8.98. The normalized spacial score (nSPS) is 15.9. The number of aromatic nitrogens is 3. The predicted molar refractivity (Wildman–Crippen MR) is 108 cm³/mol. The van der Waals surface area contributed by atoms with Crippen LogP contribution >= 0.6 is 0 Å². The third-order valence-corrected chi connectivity index (χ3v) is 5.26. The fraction of sp³-hybridized carbons (Fsp3) is 0.381. The van der Waals surface area contributed by atoms with Crippen molar-refractivity contribution in [3.05, 3.63) is 46.2 Å². The molecule has 0 bridgehead atoms. The van der Waals surface area contributed by atoms with E-state index in [1.807, 2.05) is 27.4 Å². The number of anilines is 1. The molecule has 3 aromatic rings. The van der Waals surface area contributed by atoms with Crippen molar-refractivity contribution in [2.45, 2.75) is 40.3 Å². The van der Waals surface area contributed by atoms with Crippen LogP contribution in [0.25, 0.3) is 22.3 Å². The van der Waals surface area contributed by atoms with Gasteiger partial charge in [-0.3, -0.25) is 9.48 Å². The van der Waals surface area contributed by atoms with E-state index in [1.165, 1.54) is 6.07 Å². The Labute approximate surface area is 162 Å². The zero-order chi connectivity index (χ0) is 20.2. The van der Waals surface area contributed by atoms with Crippen molar-refractivity contribution in [1.82, 2.24) is 14.3 Å². The summed E-state index contributed by atoms with van der Waals surface area (Å²) in [6, 6.07) is 7.10. The van der Waals surface area contributed by atoms with Crippen molar-refractivity contribution in [3.63, 3.8) is 0 Å². The van der Waals surface area contributed by atoms with Crippen molar-refractivity contribution < 1.29 is 9.53 Å². The number of ether oxygens (including phenoxy) is 1. The predicted octanol–water partition coefficient (Wildman–Crippen LogP) is 3.22. The van der Waals surface area contributed by atoms with Gasteiger partial charge in [0.1, 0.15) is 5.56 Å². The van der Waals surface area contributed by atoms with Crippen LogP contribution in [0.1, 0.15) is 44.1 Å². The summed E-state index contributed by atoms with van der Waals surface area (Å²) in [7, 11) is 0. The molecule has 2 aromatic heterocycles. The minimum atomic E-state index is -0.594. The molecule has 4 rings (SSSR count). The summed E-state index contributed by atoms with van der Waals surface area (Å²) in [5.41, 5.74) is 8.61. The summed E-state index contributed by atoms with van der Waals surface area (Å²) in [4.78, 5) is 25.0. The second-order valence-electron chi connectivity index (χ2n) is 8.25. The fourth-order valence-electron chi connectivity index (χ4n) is 3.85. The van der Waals surface area contributed by atoms with Gasteiger partial charge in [0.25, 0.3) is 0 Å². The molecule has 28 heavy (non-hydrogen) atoms. The van der Waals surface area contributed by atoms with Gasteiger partial charge < -0.3 is 15.0 Å². The SMILES string of the molecule is CCOC(=O)c1cn2c(cc1=O)-c1c3cc(N)ccc3nn1CC2C(C)(C)C. The first-order valence-electron chi connectivity index (χ1n) is 9.40. The third-order valence-electron chi connectivity index (χ3n) is 5.26. The maximum Gasteiger partial charge on any atom is 0.343 e. The van der Waals surface area contributed by atoms with E-state index in [-0.39, 0.29) is 29.1 Å². The largest absolute Gasteiger partial charge is 0.462 e. The molecule has 1 atom stereocenters. The number of carbonyl (C=O) groups is 1. The Morgan fingerprint density at radius 2 is 2.07 bits per heavy atom. The van der Waals surface area contributed by atoms with Crippen molar-refractivity contribution in [2.75, 3.05) is 12.3 Å². The van der Waals surface area contributed by atoms with Crippen LogP contribution in [0.4, 0.5) is 5.69 Å². The molecule has 1 aliphatic heterocycles. The Balaban J connectivity index is 2.03. The molecule has 0 aliphatic carbocycles. The first-order chi connectivity index (χ1) is 13.2. The summed E-state index contributed by atoms with van der Waals surface area (Å²) in [5, 5.41) is 5.62. The number of pyridine rings is 1. The maximum absolute atomic E-state index is 12.7. The standard InChI is InChI=1S/C21H24N4O3/c1-5-28-20(27)14-10-24-16(9-17(14)26)19-13-8-12(22)6-7-15(13)23-25(19)11-18(24)21(2,3)4/h6-10,18H,5,11,22H2,1-4H3. The Bertz CT molecular complexity index is 1150. The smallest absolute Gasteiger partial charge is 0.343 e. The molecule has 1 unspecified atom stereocenters. The van der Waals surface area contributed by atoms with E-state index < -0.39 is 5.97 Å². The second kappa shape index (κ2) is 6.22. The monoisotopic (exact) mass is 380 g/mol. The Morgan fingerprint density at radius 1 is 1.32 bits per heavy atom. The molecule has 0 amide bonds. The van der Waals surface area contributed by atoms with Gasteiger partial charge in [0.2, 0.25) is 0 Å². The summed E-state index contributed by atoms with van der Waals surface area (Å²) < 4.78 is 9.04. The Morgan fingerprint density at radius 3 is 2.75 bits per heavy atom. The fourth-order valence-corrected chi connectivity index (χ4v) is 3.85. The zero-order valence-electron chi connectivity index (χ0n) is 16.5. The lowest BCUT2D eigenvalue weighted by molar-refractivity contribution is 0.0522. The lowest BCUT2D eigenvalue weighted by Gasteiger charge is -2.38. The molecular formula is C21H24N4O3. The number of carbonyl (C=O) groups excluding carboxylic acids is 1. The molecule has 2 N–H and O–H groups in total. The Hall–Kier alpha value is -3.09. The molecule has 0 spiro atoms. The second-order valence-corrected chi connectivity index (χ2v) is 8.25. The van der Waals surface area contributed by atoms with Crippen LogP contribution in [0.15, 0.2) is 35.3 Å². The van der Waals surface area contributed by atoms with E-state index in [1.54, 1.807) is 13.1 Å². The van der Waals surface area contributed by atoms with Crippen LogP contribution in [-0.2, 0) is 11.3 Å². The molecule has 0 saturated heterocycles. The number of hydrogen-bond acceptors (Lipinski definition) is 5. The van der Waals surface area contributed by atoms with Crippen LogP contribution in [0, 0.1) is 5.41 Å². The molecule has 146 valence electrons. The summed E-state index contributed by atoms with van der Waals surface area (Å²) in [5.74, 6) is -0.594. The highest BCUT2D eigenvalue weighted by molar-refractivity contribution is 5.95. The molecule has 1 aliphatic rings. The lowest BCUT2D eigenvalue weighted by atomic mass is 9.85. The number of benzene rings is 1. The molecule has 0 radical (unpaired) electrons. The number of nitrogens with zero attached hydrogens (tertiary/aromatic N) is 3. The van der Waals surface area contributed by atoms with Crippen LogP contribution in [-0.4, -0.2) is 26.9 Å². The summed E-state index contributed by atoms with van der Waals surface area (Å²) in [6.07, 6.45) is 1.64. The highest BCUT2D eigenvalue weighted by atomic mass is 16.5. The number of nitrogen functional groups attached to an aromatic ring is 1.